The van der Waals surface area contributed by atoms with E-state index in [1.165, 1.54) is 12.8 Å². The third-order valence-corrected chi connectivity index (χ3v) is 4.07. The van der Waals surface area contributed by atoms with Crippen molar-refractivity contribution in [3.05, 3.63) is 12.4 Å². The number of nitrogens with zero attached hydrogens (tertiary/aromatic N) is 3. The van der Waals surface area contributed by atoms with Crippen LogP contribution in [-0.2, 0) is 6.54 Å². The molecule has 1 aromatic heterocycles. The summed E-state index contributed by atoms with van der Waals surface area (Å²) in [6.45, 7) is 5.46. The number of hydrogen-bond donors (Lipinski definition) is 0. The van der Waals surface area contributed by atoms with Gasteiger partial charge in [0.25, 0.3) is 0 Å². The van der Waals surface area contributed by atoms with E-state index in [0.29, 0.717) is 0 Å². The lowest BCUT2D eigenvalue weighted by Crippen LogP contribution is -2.35. The normalized spacial score (nSPS) is 18.4. The molecule has 2 rings (SSSR count). The van der Waals surface area contributed by atoms with Crippen LogP contribution in [0.5, 0.6) is 0 Å². The van der Waals surface area contributed by atoms with Gasteiger partial charge in [0, 0.05) is 37.4 Å². The summed E-state index contributed by atoms with van der Waals surface area (Å²) in [5, 5.41) is 1.14. The van der Waals surface area contributed by atoms with Crippen LogP contribution in [0.3, 0.4) is 0 Å². The lowest BCUT2D eigenvalue weighted by molar-refractivity contribution is 0.439. The minimum atomic E-state index is 0.853. The molecule has 0 aromatic carbocycles. The number of aromatic nitrogens is 2. The first-order valence-electron chi connectivity index (χ1n) is 5.67. The van der Waals surface area contributed by atoms with Gasteiger partial charge in [-0.2, -0.15) is 0 Å². The Bertz CT molecular complexity index is 303. The number of halogens is 1. The van der Waals surface area contributed by atoms with Crippen LogP contribution in [0.4, 0.5) is 5.95 Å². The fourth-order valence-electron chi connectivity index (χ4n) is 2.12. The molecule has 0 radical (unpaired) electrons. The quantitative estimate of drug-likeness (QED) is 0.788. The standard InChI is InChI=1S/C11H18BrN3/c1-2-14-8-5-13-11(14)15-6-3-10(9-12)4-7-15/h5,8,10H,2-4,6-7,9H2,1H3. The van der Waals surface area contributed by atoms with Crippen molar-refractivity contribution < 1.29 is 0 Å². The van der Waals surface area contributed by atoms with Gasteiger partial charge in [0.15, 0.2) is 0 Å². The Hall–Kier alpha value is -0.510. The van der Waals surface area contributed by atoms with Crippen LogP contribution in [-0.4, -0.2) is 28.0 Å². The van der Waals surface area contributed by atoms with Crippen LogP contribution < -0.4 is 4.90 Å². The van der Waals surface area contributed by atoms with Gasteiger partial charge in [-0.25, -0.2) is 4.98 Å². The first-order valence-corrected chi connectivity index (χ1v) is 6.79. The first kappa shape index (κ1) is 11.0. The number of imidazole rings is 1. The van der Waals surface area contributed by atoms with Gasteiger partial charge in [0.1, 0.15) is 0 Å². The number of rotatable bonds is 3. The molecule has 2 heterocycles. The van der Waals surface area contributed by atoms with Gasteiger partial charge < -0.3 is 9.47 Å². The summed E-state index contributed by atoms with van der Waals surface area (Å²) < 4.78 is 2.22. The third-order valence-electron chi connectivity index (χ3n) is 3.15. The van der Waals surface area contributed by atoms with Crippen LogP contribution in [0.1, 0.15) is 19.8 Å². The molecule has 84 valence electrons. The largest absolute Gasteiger partial charge is 0.342 e. The summed E-state index contributed by atoms with van der Waals surface area (Å²) in [5.41, 5.74) is 0. The van der Waals surface area contributed by atoms with Crippen LogP contribution in [0, 0.1) is 5.92 Å². The molecule has 0 N–H and O–H groups in total. The lowest BCUT2D eigenvalue weighted by Gasteiger charge is -2.32. The summed E-state index contributed by atoms with van der Waals surface area (Å²) in [6, 6.07) is 0. The highest BCUT2D eigenvalue weighted by Gasteiger charge is 2.20. The van der Waals surface area contributed by atoms with Gasteiger partial charge in [-0.05, 0) is 25.7 Å². The zero-order valence-corrected chi connectivity index (χ0v) is 10.8. The monoisotopic (exact) mass is 271 g/mol. The molecule has 0 unspecified atom stereocenters. The van der Waals surface area contributed by atoms with E-state index < -0.39 is 0 Å². The second-order valence-corrected chi connectivity index (χ2v) is 4.75. The molecule has 15 heavy (non-hydrogen) atoms. The van der Waals surface area contributed by atoms with E-state index in [0.717, 1.165) is 36.8 Å². The number of hydrogen-bond acceptors (Lipinski definition) is 2. The van der Waals surface area contributed by atoms with Crippen LogP contribution >= 0.6 is 15.9 Å². The van der Waals surface area contributed by atoms with Gasteiger partial charge in [-0.3, -0.25) is 0 Å². The Morgan fingerprint density at radius 2 is 2.20 bits per heavy atom. The minimum absolute atomic E-state index is 0.853. The van der Waals surface area contributed by atoms with Crippen LogP contribution in [0.15, 0.2) is 12.4 Å². The summed E-state index contributed by atoms with van der Waals surface area (Å²) >= 11 is 3.57. The lowest BCUT2D eigenvalue weighted by atomic mass is 9.99. The molecule has 0 bridgehead atoms. The molecule has 0 aliphatic carbocycles. The second-order valence-electron chi connectivity index (χ2n) is 4.10. The van der Waals surface area contributed by atoms with E-state index in [4.69, 9.17) is 0 Å². The van der Waals surface area contributed by atoms with Gasteiger partial charge in [-0.1, -0.05) is 15.9 Å². The van der Waals surface area contributed by atoms with E-state index in [-0.39, 0.29) is 0 Å². The Labute approximate surface area is 99.6 Å². The van der Waals surface area contributed by atoms with Crippen LogP contribution in [0.25, 0.3) is 0 Å². The molecule has 0 saturated carbocycles. The number of alkyl halides is 1. The maximum absolute atomic E-state index is 4.44. The van der Waals surface area contributed by atoms with Crippen molar-refractivity contribution in [1.82, 2.24) is 9.55 Å². The number of aryl methyl sites for hydroxylation is 1. The summed E-state index contributed by atoms with van der Waals surface area (Å²) in [5.74, 6) is 2.00. The van der Waals surface area contributed by atoms with E-state index in [2.05, 4.69) is 43.5 Å². The first-order chi connectivity index (χ1) is 7.35. The van der Waals surface area contributed by atoms with Crippen LogP contribution in [0.2, 0.25) is 0 Å². The summed E-state index contributed by atoms with van der Waals surface area (Å²) in [6.07, 6.45) is 6.52. The maximum Gasteiger partial charge on any atom is 0.205 e. The predicted molar refractivity (Wildman–Crippen MR) is 66.6 cm³/mol. The third kappa shape index (κ3) is 2.36. The van der Waals surface area contributed by atoms with Crippen molar-refractivity contribution in [2.75, 3.05) is 23.3 Å². The zero-order valence-electron chi connectivity index (χ0n) is 9.19. The van der Waals surface area contributed by atoms with Crippen molar-refractivity contribution in [2.45, 2.75) is 26.3 Å². The molecular formula is C11H18BrN3. The zero-order chi connectivity index (χ0) is 10.7. The summed E-state index contributed by atoms with van der Waals surface area (Å²) in [7, 11) is 0. The molecule has 1 aromatic rings. The van der Waals surface area contributed by atoms with E-state index in [1.54, 1.807) is 0 Å². The maximum atomic E-state index is 4.44. The SMILES string of the molecule is CCn1ccnc1N1CCC(CBr)CC1. The van der Waals surface area contributed by atoms with Crippen molar-refractivity contribution in [3.63, 3.8) is 0 Å². The topological polar surface area (TPSA) is 21.1 Å². The Morgan fingerprint density at radius 1 is 1.47 bits per heavy atom. The Morgan fingerprint density at radius 3 is 2.80 bits per heavy atom. The van der Waals surface area contributed by atoms with E-state index in [9.17, 15) is 0 Å². The van der Waals surface area contributed by atoms with Crippen molar-refractivity contribution >= 4 is 21.9 Å². The van der Waals surface area contributed by atoms with E-state index >= 15 is 0 Å². The molecule has 1 fully saturated rings. The molecule has 3 nitrogen and oxygen atoms in total. The molecular weight excluding hydrogens is 254 g/mol. The molecule has 0 amide bonds. The fraction of sp³-hybridized carbons (Fsp3) is 0.727. The van der Waals surface area contributed by atoms with Crippen molar-refractivity contribution in [2.24, 2.45) is 5.92 Å². The highest BCUT2D eigenvalue weighted by Crippen LogP contribution is 2.23. The average molecular weight is 272 g/mol. The molecule has 4 heteroatoms. The number of anilines is 1. The molecule has 1 aliphatic heterocycles. The predicted octanol–water partition coefficient (Wildman–Crippen LogP) is 2.51. The highest BCUT2D eigenvalue weighted by atomic mass is 79.9. The van der Waals surface area contributed by atoms with Crippen molar-refractivity contribution in [3.8, 4) is 0 Å². The molecule has 1 aliphatic rings. The summed E-state index contributed by atoms with van der Waals surface area (Å²) in [4.78, 5) is 6.84. The Balaban J connectivity index is 2.01. The van der Waals surface area contributed by atoms with Gasteiger partial charge in [0.2, 0.25) is 5.95 Å². The Kier molecular flexibility index (Phi) is 3.67. The van der Waals surface area contributed by atoms with E-state index in [1.807, 2.05) is 6.20 Å². The number of piperidine rings is 1. The van der Waals surface area contributed by atoms with Crippen molar-refractivity contribution in [1.29, 1.82) is 0 Å². The second kappa shape index (κ2) is 5.01. The van der Waals surface area contributed by atoms with Gasteiger partial charge in [0.05, 0.1) is 0 Å². The molecule has 1 saturated heterocycles. The molecule has 0 spiro atoms. The highest BCUT2D eigenvalue weighted by molar-refractivity contribution is 9.09. The minimum Gasteiger partial charge on any atom is -0.342 e. The average Bonchev–Trinajstić information content (AvgIpc) is 2.77. The smallest absolute Gasteiger partial charge is 0.205 e. The molecule has 0 atom stereocenters. The fourth-order valence-corrected chi connectivity index (χ4v) is 2.77. The van der Waals surface area contributed by atoms with Gasteiger partial charge in [-0.15, -0.1) is 0 Å². The van der Waals surface area contributed by atoms with Gasteiger partial charge >= 0.3 is 0 Å².